The summed E-state index contributed by atoms with van der Waals surface area (Å²) in [6.45, 7) is 0. The van der Waals surface area contributed by atoms with Crippen LogP contribution in [0.4, 0.5) is 5.69 Å². The summed E-state index contributed by atoms with van der Waals surface area (Å²) in [7, 11) is 0. The lowest BCUT2D eigenvalue weighted by Crippen LogP contribution is -2.19. The molecule has 0 amide bonds. The van der Waals surface area contributed by atoms with Gasteiger partial charge in [-0.05, 0) is 31.0 Å². The molecule has 1 aromatic carbocycles. The predicted molar refractivity (Wildman–Crippen MR) is 89.4 cm³/mol. The third-order valence-electron chi connectivity index (χ3n) is 4.47. The Morgan fingerprint density at radius 3 is 2.00 bits per heavy atom. The molecule has 1 saturated carbocycles. The molecule has 0 spiro atoms. The third-order valence-corrected chi connectivity index (χ3v) is 4.47. The highest BCUT2D eigenvalue weighted by Gasteiger charge is 2.09. The van der Waals surface area contributed by atoms with E-state index < -0.39 is 0 Å². The van der Waals surface area contributed by atoms with Crippen molar-refractivity contribution >= 4 is 5.69 Å². The van der Waals surface area contributed by atoms with Crippen molar-refractivity contribution in [3.63, 3.8) is 0 Å². The van der Waals surface area contributed by atoms with Crippen LogP contribution in [0, 0.1) is 11.3 Å². The summed E-state index contributed by atoms with van der Waals surface area (Å²) in [6.07, 6.45) is 15.0. The maximum absolute atomic E-state index is 9.00. The summed E-state index contributed by atoms with van der Waals surface area (Å²) in [5.74, 6) is 0. The van der Waals surface area contributed by atoms with Gasteiger partial charge in [-0.3, -0.25) is 0 Å². The quantitative estimate of drug-likeness (QED) is 0.762. The number of anilines is 1. The molecule has 0 bridgehead atoms. The molecule has 0 aromatic heterocycles. The molecule has 0 unspecified atom stereocenters. The minimum atomic E-state index is 0.568. The predicted octanol–water partition coefficient (Wildman–Crippen LogP) is 5.64. The van der Waals surface area contributed by atoms with Gasteiger partial charge in [0, 0.05) is 11.7 Å². The van der Waals surface area contributed by atoms with E-state index in [4.69, 9.17) is 5.26 Å². The maximum Gasteiger partial charge on any atom is 0.0992 e. The summed E-state index contributed by atoms with van der Waals surface area (Å²) in [4.78, 5) is 0. The van der Waals surface area contributed by atoms with Crippen molar-refractivity contribution in [2.75, 3.05) is 5.32 Å². The first-order valence-electron chi connectivity index (χ1n) is 8.65. The lowest BCUT2D eigenvalue weighted by molar-refractivity contribution is 0.480. The Morgan fingerprint density at radius 2 is 1.43 bits per heavy atom. The lowest BCUT2D eigenvalue weighted by atomic mass is 9.97. The molecule has 2 nitrogen and oxygen atoms in total. The standard InChI is InChI=1S/C19H28N2/c20-16-17-11-10-14-19(15-17)21-18-12-8-6-4-2-1-3-5-7-9-13-18/h10-11,14-15,18,21H,1-9,12-13H2. The average molecular weight is 284 g/mol. The number of hydrogen-bond acceptors (Lipinski definition) is 2. The molecule has 0 radical (unpaired) electrons. The zero-order valence-corrected chi connectivity index (χ0v) is 13.1. The number of nitrogens with one attached hydrogen (secondary N) is 1. The Kier molecular flexibility index (Phi) is 7.15. The van der Waals surface area contributed by atoms with E-state index in [9.17, 15) is 0 Å². The van der Waals surface area contributed by atoms with Crippen LogP contribution >= 0.6 is 0 Å². The van der Waals surface area contributed by atoms with Gasteiger partial charge >= 0.3 is 0 Å². The molecule has 2 heteroatoms. The Hall–Kier alpha value is -1.49. The van der Waals surface area contributed by atoms with Gasteiger partial charge in [-0.25, -0.2) is 0 Å². The summed E-state index contributed by atoms with van der Waals surface area (Å²) in [5, 5.41) is 12.7. The van der Waals surface area contributed by atoms with Gasteiger partial charge in [-0.2, -0.15) is 5.26 Å². The van der Waals surface area contributed by atoms with Gasteiger partial charge in [-0.15, -0.1) is 0 Å². The summed E-state index contributed by atoms with van der Waals surface area (Å²) >= 11 is 0. The zero-order valence-electron chi connectivity index (χ0n) is 13.1. The van der Waals surface area contributed by atoms with Crippen molar-refractivity contribution in [3.05, 3.63) is 29.8 Å². The van der Waals surface area contributed by atoms with Crippen LogP contribution < -0.4 is 5.32 Å². The number of rotatable bonds is 2. The van der Waals surface area contributed by atoms with E-state index in [1.165, 1.54) is 70.6 Å². The molecule has 1 aliphatic rings. The van der Waals surface area contributed by atoms with Crippen molar-refractivity contribution in [3.8, 4) is 6.07 Å². The van der Waals surface area contributed by atoms with Crippen molar-refractivity contribution in [1.29, 1.82) is 5.26 Å². The fraction of sp³-hybridized carbons (Fsp3) is 0.632. The van der Waals surface area contributed by atoms with Crippen LogP contribution in [0.15, 0.2) is 24.3 Å². The maximum atomic E-state index is 9.00. The summed E-state index contributed by atoms with van der Waals surface area (Å²) in [5.41, 5.74) is 1.85. The Balaban J connectivity index is 1.89. The highest BCUT2D eigenvalue weighted by atomic mass is 14.9. The summed E-state index contributed by atoms with van der Waals surface area (Å²) < 4.78 is 0. The van der Waals surface area contributed by atoms with Gasteiger partial charge in [0.25, 0.3) is 0 Å². The SMILES string of the molecule is N#Cc1cccc(NC2CCCCCCCCCCC2)c1. The molecular formula is C19H28N2. The highest BCUT2D eigenvalue weighted by Crippen LogP contribution is 2.20. The largest absolute Gasteiger partial charge is 0.382 e. The first-order chi connectivity index (χ1) is 10.4. The first-order valence-corrected chi connectivity index (χ1v) is 8.65. The van der Waals surface area contributed by atoms with E-state index in [2.05, 4.69) is 17.5 Å². The van der Waals surface area contributed by atoms with Gasteiger partial charge < -0.3 is 5.32 Å². The molecule has 0 saturated heterocycles. The van der Waals surface area contributed by atoms with E-state index in [-0.39, 0.29) is 0 Å². The van der Waals surface area contributed by atoms with Gasteiger partial charge in [0.05, 0.1) is 11.6 Å². The Morgan fingerprint density at radius 1 is 0.857 bits per heavy atom. The van der Waals surface area contributed by atoms with Crippen LogP contribution in [0.1, 0.15) is 76.2 Å². The molecule has 1 N–H and O–H groups in total. The molecule has 0 heterocycles. The molecule has 1 aromatic rings. The Bertz CT molecular complexity index is 435. The zero-order chi connectivity index (χ0) is 14.8. The minimum absolute atomic E-state index is 0.568. The monoisotopic (exact) mass is 284 g/mol. The molecule has 21 heavy (non-hydrogen) atoms. The fourth-order valence-corrected chi connectivity index (χ4v) is 3.22. The van der Waals surface area contributed by atoms with E-state index >= 15 is 0 Å². The number of hydrogen-bond donors (Lipinski definition) is 1. The number of nitriles is 1. The fourth-order valence-electron chi connectivity index (χ4n) is 3.22. The third kappa shape index (κ3) is 6.21. The highest BCUT2D eigenvalue weighted by molar-refractivity contribution is 5.49. The van der Waals surface area contributed by atoms with Crippen molar-refractivity contribution in [2.24, 2.45) is 0 Å². The second kappa shape index (κ2) is 9.45. The molecular weight excluding hydrogens is 256 g/mol. The van der Waals surface area contributed by atoms with Crippen molar-refractivity contribution in [1.82, 2.24) is 0 Å². The smallest absolute Gasteiger partial charge is 0.0992 e. The van der Waals surface area contributed by atoms with Crippen LogP contribution in [0.25, 0.3) is 0 Å². The van der Waals surface area contributed by atoms with Gasteiger partial charge in [-0.1, -0.05) is 63.9 Å². The van der Waals surface area contributed by atoms with Gasteiger partial charge in [0.1, 0.15) is 0 Å². The molecule has 1 aliphatic carbocycles. The molecule has 2 rings (SSSR count). The first kappa shape index (κ1) is 15.9. The van der Waals surface area contributed by atoms with Crippen LogP contribution in [0.5, 0.6) is 0 Å². The number of benzene rings is 1. The van der Waals surface area contributed by atoms with Crippen LogP contribution in [0.3, 0.4) is 0 Å². The van der Waals surface area contributed by atoms with E-state index in [1.807, 2.05) is 18.2 Å². The molecule has 0 atom stereocenters. The average Bonchev–Trinajstić information content (AvgIpc) is 2.50. The molecule has 1 fully saturated rings. The summed E-state index contributed by atoms with van der Waals surface area (Å²) in [6, 6.07) is 10.7. The van der Waals surface area contributed by atoms with Crippen LogP contribution in [0.2, 0.25) is 0 Å². The molecule has 0 aliphatic heterocycles. The van der Waals surface area contributed by atoms with Crippen LogP contribution in [-0.4, -0.2) is 6.04 Å². The lowest BCUT2D eigenvalue weighted by Gasteiger charge is -2.21. The van der Waals surface area contributed by atoms with Crippen molar-refractivity contribution < 1.29 is 0 Å². The second-order valence-corrected chi connectivity index (χ2v) is 6.29. The van der Waals surface area contributed by atoms with E-state index in [0.717, 1.165) is 11.3 Å². The minimum Gasteiger partial charge on any atom is -0.382 e. The van der Waals surface area contributed by atoms with Gasteiger partial charge in [0.2, 0.25) is 0 Å². The topological polar surface area (TPSA) is 35.8 Å². The molecule has 114 valence electrons. The normalized spacial score (nSPS) is 19.0. The van der Waals surface area contributed by atoms with Crippen LogP contribution in [-0.2, 0) is 0 Å². The Labute approximate surface area is 129 Å². The second-order valence-electron chi connectivity index (χ2n) is 6.29. The van der Waals surface area contributed by atoms with E-state index in [1.54, 1.807) is 0 Å². The number of nitrogens with zero attached hydrogens (tertiary/aromatic N) is 1. The van der Waals surface area contributed by atoms with Crippen molar-refractivity contribution in [2.45, 2.75) is 76.7 Å². The van der Waals surface area contributed by atoms with E-state index in [0.29, 0.717) is 6.04 Å². The van der Waals surface area contributed by atoms with Gasteiger partial charge in [0.15, 0.2) is 0 Å².